The van der Waals surface area contributed by atoms with Crippen molar-refractivity contribution in [1.82, 2.24) is 9.99 Å². The van der Waals surface area contributed by atoms with Gasteiger partial charge in [-0.25, -0.2) is 0 Å². The van der Waals surface area contributed by atoms with Crippen molar-refractivity contribution in [3.05, 3.63) is 65.5 Å². The number of aryl methyl sites for hydroxylation is 1. The summed E-state index contributed by atoms with van der Waals surface area (Å²) in [6, 6.07) is 11.3. The van der Waals surface area contributed by atoms with Crippen LogP contribution in [0.3, 0.4) is 0 Å². The highest BCUT2D eigenvalue weighted by atomic mass is 16.3. The Morgan fingerprint density at radius 1 is 1.21 bits per heavy atom. The first-order valence-electron chi connectivity index (χ1n) is 8.11. The van der Waals surface area contributed by atoms with E-state index >= 15 is 0 Å². The first-order valence-corrected chi connectivity index (χ1v) is 8.11. The molecule has 5 nitrogen and oxygen atoms in total. The Kier molecular flexibility index (Phi) is 4.44. The van der Waals surface area contributed by atoms with Crippen LogP contribution in [-0.4, -0.2) is 26.7 Å². The van der Waals surface area contributed by atoms with Crippen LogP contribution in [0, 0.1) is 6.92 Å². The van der Waals surface area contributed by atoms with Gasteiger partial charge in [-0.15, -0.1) is 0 Å². The number of nitrogens with zero attached hydrogens (tertiary/aromatic N) is 3. The van der Waals surface area contributed by atoms with Crippen molar-refractivity contribution in [2.24, 2.45) is 5.10 Å². The number of hydrogen-bond donors (Lipinski definition) is 1. The molecule has 0 radical (unpaired) electrons. The van der Waals surface area contributed by atoms with Crippen LogP contribution in [0.15, 0.2) is 53.9 Å². The molecule has 5 heteroatoms. The van der Waals surface area contributed by atoms with Gasteiger partial charge in [0.15, 0.2) is 5.72 Å². The maximum absolute atomic E-state index is 12.8. The van der Waals surface area contributed by atoms with Crippen LogP contribution in [0.4, 0.5) is 0 Å². The molecule has 1 aliphatic rings. The van der Waals surface area contributed by atoms with Crippen LogP contribution in [0.5, 0.6) is 0 Å². The number of aliphatic hydroxyl groups is 1. The first-order chi connectivity index (χ1) is 11.5. The fraction of sp³-hybridized carbons (Fsp3) is 0.316. The Labute approximate surface area is 141 Å². The summed E-state index contributed by atoms with van der Waals surface area (Å²) in [7, 11) is 0. The fourth-order valence-corrected chi connectivity index (χ4v) is 2.88. The first kappa shape index (κ1) is 16.3. The average Bonchev–Trinajstić information content (AvgIpc) is 2.96. The zero-order valence-corrected chi connectivity index (χ0v) is 13.9. The molecular formula is C19H21N3O2. The zero-order chi connectivity index (χ0) is 17.2. The minimum Gasteiger partial charge on any atom is -0.365 e. The van der Waals surface area contributed by atoms with E-state index in [1.54, 1.807) is 24.5 Å². The van der Waals surface area contributed by atoms with Crippen molar-refractivity contribution in [2.75, 3.05) is 0 Å². The Hall–Kier alpha value is -2.53. The highest BCUT2D eigenvalue weighted by molar-refractivity contribution is 5.91. The number of hydrogen-bond acceptors (Lipinski definition) is 4. The number of amides is 1. The molecule has 124 valence electrons. The molecule has 1 N–H and O–H groups in total. The number of rotatable bonds is 4. The number of carbonyl (C=O) groups excluding carboxylic acids is 1. The molecule has 0 aliphatic carbocycles. The summed E-state index contributed by atoms with van der Waals surface area (Å²) in [5.74, 6) is -0.221. The molecule has 0 unspecified atom stereocenters. The van der Waals surface area contributed by atoms with Crippen LogP contribution < -0.4 is 0 Å². The summed E-state index contributed by atoms with van der Waals surface area (Å²) in [5, 5.41) is 16.8. The van der Waals surface area contributed by atoms with Gasteiger partial charge in [0.25, 0.3) is 0 Å². The van der Waals surface area contributed by atoms with E-state index in [1.165, 1.54) is 5.01 Å². The van der Waals surface area contributed by atoms with Crippen molar-refractivity contribution in [1.29, 1.82) is 0 Å². The van der Waals surface area contributed by atoms with E-state index in [4.69, 9.17) is 0 Å². The summed E-state index contributed by atoms with van der Waals surface area (Å²) >= 11 is 0. The molecule has 1 atom stereocenters. The monoisotopic (exact) mass is 323 g/mol. The Balaban J connectivity index is 1.88. The van der Waals surface area contributed by atoms with Gasteiger partial charge in [-0.2, -0.15) is 10.1 Å². The lowest BCUT2D eigenvalue weighted by Crippen LogP contribution is -2.44. The van der Waals surface area contributed by atoms with E-state index in [0.29, 0.717) is 18.4 Å². The van der Waals surface area contributed by atoms with E-state index in [9.17, 15) is 9.90 Å². The predicted octanol–water partition coefficient (Wildman–Crippen LogP) is 2.78. The number of aromatic nitrogens is 1. The third kappa shape index (κ3) is 3.08. The molecule has 24 heavy (non-hydrogen) atoms. The van der Waals surface area contributed by atoms with Gasteiger partial charge in [-0.3, -0.25) is 9.78 Å². The van der Waals surface area contributed by atoms with Gasteiger partial charge in [-0.05, 0) is 31.0 Å². The number of hydrazone groups is 1. The highest BCUT2D eigenvalue weighted by Gasteiger charge is 2.45. The van der Waals surface area contributed by atoms with Crippen LogP contribution in [0.2, 0.25) is 0 Å². The van der Waals surface area contributed by atoms with E-state index in [1.807, 2.05) is 38.1 Å². The van der Waals surface area contributed by atoms with Crippen LogP contribution in [0.1, 0.15) is 36.5 Å². The Morgan fingerprint density at radius 2 is 1.88 bits per heavy atom. The van der Waals surface area contributed by atoms with Gasteiger partial charge < -0.3 is 5.11 Å². The van der Waals surface area contributed by atoms with E-state index in [0.717, 1.165) is 16.8 Å². The lowest BCUT2D eigenvalue weighted by molar-refractivity contribution is -0.157. The molecule has 1 amide bonds. The van der Waals surface area contributed by atoms with Crippen LogP contribution >= 0.6 is 0 Å². The molecule has 0 fully saturated rings. The van der Waals surface area contributed by atoms with Gasteiger partial charge >= 0.3 is 0 Å². The molecule has 0 saturated carbocycles. The SMILES string of the molecule is CCC1=NN(C(=O)Cc2ccc(C)cc2)[C@](O)(c2ccncc2)C1. The molecule has 1 aliphatic heterocycles. The Bertz CT molecular complexity index is 756. The minimum atomic E-state index is -1.43. The number of carbonyl (C=O) groups is 1. The van der Waals surface area contributed by atoms with Gasteiger partial charge in [0, 0.05) is 30.1 Å². The average molecular weight is 323 g/mol. The van der Waals surface area contributed by atoms with Gasteiger partial charge in [0.05, 0.1) is 6.42 Å². The van der Waals surface area contributed by atoms with Crippen molar-refractivity contribution < 1.29 is 9.90 Å². The predicted molar refractivity (Wildman–Crippen MR) is 92.2 cm³/mol. The number of pyridine rings is 1. The van der Waals surface area contributed by atoms with Crippen molar-refractivity contribution in [3.8, 4) is 0 Å². The summed E-state index contributed by atoms with van der Waals surface area (Å²) in [6.07, 6.45) is 4.45. The zero-order valence-electron chi connectivity index (χ0n) is 13.9. The number of benzene rings is 1. The highest BCUT2D eigenvalue weighted by Crippen LogP contribution is 2.36. The third-order valence-electron chi connectivity index (χ3n) is 4.31. The molecule has 3 rings (SSSR count). The maximum Gasteiger partial charge on any atom is 0.250 e. The van der Waals surface area contributed by atoms with E-state index in [-0.39, 0.29) is 12.3 Å². The lowest BCUT2D eigenvalue weighted by atomic mass is 9.97. The molecule has 2 heterocycles. The largest absolute Gasteiger partial charge is 0.365 e. The normalized spacial score (nSPS) is 20.1. The van der Waals surface area contributed by atoms with Crippen molar-refractivity contribution >= 4 is 11.6 Å². The molecule has 1 aromatic carbocycles. The second-order valence-electron chi connectivity index (χ2n) is 6.12. The van der Waals surface area contributed by atoms with Gasteiger partial charge in [0.1, 0.15) is 0 Å². The summed E-state index contributed by atoms with van der Waals surface area (Å²) in [5.41, 5.74) is 2.05. The topological polar surface area (TPSA) is 65.8 Å². The quantitative estimate of drug-likeness (QED) is 0.941. The van der Waals surface area contributed by atoms with E-state index in [2.05, 4.69) is 10.1 Å². The van der Waals surface area contributed by atoms with Gasteiger partial charge in [0.2, 0.25) is 5.91 Å². The second kappa shape index (κ2) is 6.53. The van der Waals surface area contributed by atoms with Crippen LogP contribution in [0.25, 0.3) is 0 Å². The van der Waals surface area contributed by atoms with Crippen LogP contribution in [-0.2, 0) is 16.9 Å². The summed E-state index contributed by atoms with van der Waals surface area (Å²) in [6.45, 7) is 3.98. The van der Waals surface area contributed by atoms with Crippen molar-refractivity contribution in [2.45, 2.75) is 38.8 Å². The standard InChI is InChI=1S/C19H21N3O2/c1-3-17-13-19(24,16-8-10-20-11-9-16)22(21-17)18(23)12-15-6-4-14(2)5-7-15/h4-11,24H,3,12-13H2,1-2H3/t19-/m1/s1. The second-order valence-corrected chi connectivity index (χ2v) is 6.12. The molecule has 0 saturated heterocycles. The molecule has 0 spiro atoms. The summed E-state index contributed by atoms with van der Waals surface area (Å²) < 4.78 is 0. The maximum atomic E-state index is 12.8. The summed E-state index contributed by atoms with van der Waals surface area (Å²) in [4.78, 5) is 16.8. The lowest BCUT2D eigenvalue weighted by Gasteiger charge is -2.31. The molecule has 1 aromatic heterocycles. The Morgan fingerprint density at radius 3 is 2.50 bits per heavy atom. The molecule has 0 bridgehead atoms. The minimum absolute atomic E-state index is 0.203. The van der Waals surface area contributed by atoms with E-state index < -0.39 is 5.72 Å². The van der Waals surface area contributed by atoms with Gasteiger partial charge in [-0.1, -0.05) is 36.8 Å². The smallest absolute Gasteiger partial charge is 0.250 e. The third-order valence-corrected chi connectivity index (χ3v) is 4.31. The molecular weight excluding hydrogens is 302 g/mol. The fourth-order valence-electron chi connectivity index (χ4n) is 2.88. The van der Waals surface area contributed by atoms with Crippen molar-refractivity contribution in [3.63, 3.8) is 0 Å². The molecule has 2 aromatic rings.